The van der Waals surface area contributed by atoms with E-state index in [9.17, 15) is 10.1 Å². The molecule has 0 aromatic heterocycles. The fourth-order valence-electron chi connectivity index (χ4n) is 3.11. The first-order valence-corrected chi connectivity index (χ1v) is 6.91. The van der Waals surface area contributed by atoms with Crippen LogP contribution in [0, 0.1) is 11.3 Å². The van der Waals surface area contributed by atoms with Crippen molar-refractivity contribution in [2.24, 2.45) is 0 Å². The molecule has 0 unspecified atom stereocenters. The summed E-state index contributed by atoms with van der Waals surface area (Å²) < 4.78 is 0. The molecule has 1 aromatic carbocycles. The van der Waals surface area contributed by atoms with Crippen molar-refractivity contribution in [3.63, 3.8) is 0 Å². The van der Waals surface area contributed by atoms with Gasteiger partial charge in [0.25, 0.3) is 0 Å². The van der Waals surface area contributed by atoms with Crippen LogP contribution in [0.2, 0.25) is 0 Å². The van der Waals surface area contributed by atoms with E-state index < -0.39 is 0 Å². The van der Waals surface area contributed by atoms with E-state index in [4.69, 9.17) is 0 Å². The molecule has 20 heavy (non-hydrogen) atoms. The van der Waals surface area contributed by atoms with Gasteiger partial charge in [-0.1, -0.05) is 30.3 Å². The highest BCUT2D eigenvalue weighted by molar-refractivity contribution is 5.99. The molecule has 0 saturated heterocycles. The van der Waals surface area contributed by atoms with Gasteiger partial charge >= 0.3 is 0 Å². The van der Waals surface area contributed by atoms with Crippen LogP contribution in [0.15, 0.2) is 52.9 Å². The number of dihydropyridines is 1. The monoisotopic (exact) mass is 264 g/mol. The molecule has 1 aliphatic carbocycles. The lowest BCUT2D eigenvalue weighted by Gasteiger charge is -2.32. The number of ketones is 1. The van der Waals surface area contributed by atoms with Crippen molar-refractivity contribution in [3.8, 4) is 6.07 Å². The van der Waals surface area contributed by atoms with Gasteiger partial charge < -0.3 is 5.32 Å². The van der Waals surface area contributed by atoms with Gasteiger partial charge in [0, 0.05) is 23.4 Å². The average molecular weight is 264 g/mol. The summed E-state index contributed by atoms with van der Waals surface area (Å²) >= 11 is 0. The molecule has 0 bridgehead atoms. The number of benzene rings is 1. The van der Waals surface area contributed by atoms with E-state index in [2.05, 4.69) is 11.4 Å². The first-order chi connectivity index (χ1) is 9.72. The quantitative estimate of drug-likeness (QED) is 0.847. The van der Waals surface area contributed by atoms with E-state index in [1.54, 1.807) is 0 Å². The van der Waals surface area contributed by atoms with Crippen molar-refractivity contribution >= 4 is 5.78 Å². The third-order valence-electron chi connectivity index (χ3n) is 4.03. The molecule has 0 radical (unpaired) electrons. The molecule has 0 amide bonds. The molecule has 1 aromatic rings. The van der Waals surface area contributed by atoms with Gasteiger partial charge in [0.15, 0.2) is 5.78 Å². The van der Waals surface area contributed by atoms with Gasteiger partial charge in [0.2, 0.25) is 0 Å². The fraction of sp³-hybridized carbons (Fsp3) is 0.294. The predicted octanol–water partition coefficient (Wildman–Crippen LogP) is 3.18. The van der Waals surface area contributed by atoms with Crippen LogP contribution in [-0.2, 0) is 4.79 Å². The number of hydrogen-bond donors (Lipinski definition) is 1. The van der Waals surface area contributed by atoms with Crippen LogP contribution in [0.1, 0.15) is 37.7 Å². The Balaban J connectivity index is 2.18. The molecule has 2 aliphatic rings. The maximum atomic E-state index is 12.4. The van der Waals surface area contributed by atoms with Crippen LogP contribution in [0.25, 0.3) is 0 Å². The maximum Gasteiger partial charge on any atom is 0.161 e. The number of carbonyl (C=O) groups is 1. The zero-order chi connectivity index (χ0) is 14.1. The van der Waals surface area contributed by atoms with E-state index in [1.165, 1.54) is 0 Å². The van der Waals surface area contributed by atoms with Gasteiger partial charge in [-0.2, -0.15) is 5.26 Å². The SMILES string of the molecule is CC1=C(C#N)[C@@H](c2ccccc2)C2=C(CCCC2=O)N1. The Kier molecular flexibility index (Phi) is 3.15. The third kappa shape index (κ3) is 1.94. The highest BCUT2D eigenvalue weighted by atomic mass is 16.1. The molecule has 1 heterocycles. The zero-order valence-electron chi connectivity index (χ0n) is 11.4. The van der Waals surface area contributed by atoms with Crippen LogP contribution < -0.4 is 5.32 Å². The van der Waals surface area contributed by atoms with E-state index in [0.29, 0.717) is 12.0 Å². The minimum atomic E-state index is -0.203. The molecule has 1 aliphatic heterocycles. The normalized spacial score (nSPS) is 22.2. The molecule has 100 valence electrons. The van der Waals surface area contributed by atoms with Crippen LogP contribution in [-0.4, -0.2) is 5.78 Å². The minimum Gasteiger partial charge on any atom is -0.361 e. The molecular weight excluding hydrogens is 248 g/mol. The van der Waals surface area contributed by atoms with Crippen LogP contribution in [0.4, 0.5) is 0 Å². The number of nitrogens with one attached hydrogen (secondary N) is 1. The summed E-state index contributed by atoms with van der Waals surface area (Å²) in [6, 6.07) is 12.1. The van der Waals surface area contributed by atoms with Gasteiger partial charge in [0.1, 0.15) is 0 Å². The molecule has 0 fully saturated rings. The number of rotatable bonds is 1. The molecule has 3 heteroatoms. The Morgan fingerprint density at radius 3 is 2.70 bits per heavy atom. The summed E-state index contributed by atoms with van der Waals surface area (Å²) in [5.41, 5.74) is 4.35. The standard InChI is InChI=1S/C17H16N2O/c1-11-13(10-18)16(12-6-3-2-4-7-12)17-14(19-11)8-5-9-15(17)20/h2-4,6-7,16,19H,5,8-9H2,1H3/t16-/m1/s1. The van der Waals surface area contributed by atoms with Gasteiger partial charge in [0.05, 0.1) is 17.6 Å². The molecule has 0 spiro atoms. The first-order valence-electron chi connectivity index (χ1n) is 6.91. The van der Waals surface area contributed by atoms with E-state index in [-0.39, 0.29) is 11.7 Å². The Hall–Kier alpha value is -2.34. The first kappa shape index (κ1) is 12.7. The van der Waals surface area contributed by atoms with Crippen molar-refractivity contribution in [1.29, 1.82) is 5.26 Å². The summed E-state index contributed by atoms with van der Waals surface area (Å²) in [4.78, 5) is 12.4. The molecule has 1 N–H and O–H groups in total. The predicted molar refractivity (Wildman–Crippen MR) is 76.5 cm³/mol. The summed E-state index contributed by atoms with van der Waals surface area (Å²) in [6.07, 6.45) is 2.36. The number of Topliss-reactive ketones (excluding diaryl/α,β-unsaturated/α-hetero) is 1. The van der Waals surface area contributed by atoms with E-state index >= 15 is 0 Å². The summed E-state index contributed by atoms with van der Waals surface area (Å²) in [5.74, 6) is -0.0295. The largest absolute Gasteiger partial charge is 0.361 e. The summed E-state index contributed by atoms with van der Waals surface area (Å²) in [5, 5.41) is 12.8. The van der Waals surface area contributed by atoms with Crippen molar-refractivity contribution in [3.05, 3.63) is 58.4 Å². The lowest BCUT2D eigenvalue weighted by atomic mass is 9.76. The second kappa shape index (κ2) is 4.97. The van der Waals surface area contributed by atoms with Crippen molar-refractivity contribution < 1.29 is 4.79 Å². The molecule has 1 atom stereocenters. The number of allylic oxidation sites excluding steroid dienone is 4. The second-order valence-corrected chi connectivity index (χ2v) is 5.29. The smallest absolute Gasteiger partial charge is 0.161 e. The average Bonchev–Trinajstić information content (AvgIpc) is 2.47. The zero-order valence-corrected chi connectivity index (χ0v) is 11.4. The molecule has 3 rings (SSSR count). The lowest BCUT2D eigenvalue weighted by Crippen LogP contribution is -2.31. The summed E-state index contributed by atoms with van der Waals surface area (Å²) in [7, 11) is 0. The molecule has 3 nitrogen and oxygen atoms in total. The van der Waals surface area contributed by atoms with E-state index in [1.807, 2.05) is 37.3 Å². The van der Waals surface area contributed by atoms with Crippen molar-refractivity contribution in [1.82, 2.24) is 5.32 Å². The second-order valence-electron chi connectivity index (χ2n) is 5.29. The Bertz CT molecular complexity index is 662. The summed E-state index contributed by atoms with van der Waals surface area (Å²) in [6.45, 7) is 1.91. The Labute approximate surface area is 118 Å². The number of nitriles is 1. The van der Waals surface area contributed by atoms with Crippen molar-refractivity contribution in [2.75, 3.05) is 0 Å². The highest BCUT2D eigenvalue weighted by Gasteiger charge is 2.35. The lowest BCUT2D eigenvalue weighted by molar-refractivity contribution is -0.116. The van der Waals surface area contributed by atoms with Crippen LogP contribution in [0.3, 0.4) is 0 Å². The van der Waals surface area contributed by atoms with Gasteiger partial charge in [-0.15, -0.1) is 0 Å². The minimum absolute atomic E-state index is 0.174. The van der Waals surface area contributed by atoms with Crippen LogP contribution in [0.5, 0.6) is 0 Å². The van der Waals surface area contributed by atoms with Gasteiger partial charge in [-0.05, 0) is 25.3 Å². The molecule has 0 saturated carbocycles. The van der Waals surface area contributed by atoms with Gasteiger partial charge in [-0.3, -0.25) is 4.79 Å². The number of nitrogens with zero attached hydrogens (tertiary/aromatic N) is 1. The third-order valence-corrected chi connectivity index (χ3v) is 4.03. The fourth-order valence-corrected chi connectivity index (χ4v) is 3.11. The molecular formula is C17H16N2O. The topological polar surface area (TPSA) is 52.9 Å². The Morgan fingerprint density at radius 2 is 2.00 bits per heavy atom. The van der Waals surface area contributed by atoms with Crippen LogP contribution >= 0.6 is 0 Å². The van der Waals surface area contributed by atoms with Gasteiger partial charge in [-0.25, -0.2) is 0 Å². The van der Waals surface area contributed by atoms with Crippen molar-refractivity contribution in [2.45, 2.75) is 32.1 Å². The number of carbonyl (C=O) groups excluding carboxylic acids is 1. The highest BCUT2D eigenvalue weighted by Crippen LogP contribution is 2.41. The number of hydrogen-bond acceptors (Lipinski definition) is 3. The maximum absolute atomic E-state index is 12.4. The van der Waals surface area contributed by atoms with E-state index in [0.717, 1.165) is 35.4 Å². The Morgan fingerprint density at radius 1 is 1.25 bits per heavy atom.